The Hall–Kier alpha value is -1.92. The number of nitrogens with one attached hydrogen (secondary N) is 1. The van der Waals surface area contributed by atoms with Gasteiger partial charge in [0, 0.05) is 11.7 Å². The number of amides is 1. The quantitative estimate of drug-likeness (QED) is 0.891. The van der Waals surface area contributed by atoms with Crippen LogP contribution in [-0.2, 0) is 4.74 Å². The van der Waals surface area contributed by atoms with Crippen molar-refractivity contribution in [3.8, 4) is 5.75 Å². The normalized spacial score (nSPS) is 12.6. The molecular weight excluding hydrogens is 263 g/mol. The summed E-state index contributed by atoms with van der Waals surface area (Å²) in [6.07, 6.45) is -5.77. The van der Waals surface area contributed by atoms with E-state index in [0.29, 0.717) is 0 Å². The fraction of sp³-hybridized carbons (Fsp3) is 0.417. The fourth-order valence-electron chi connectivity index (χ4n) is 1.12. The maximum absolute atomic E-state index is 12.1. The predicted molar refractivity (Wildman–Crippen MR) is 63.0 cm³/mol. The minimum atomic E-state index is -4.90. The molecule has 0 atom stereocenters. The van der Waals surface area contributed by atoms with Crippen LogP contribution >= 0.6 is 0 Å². The lowest BCUT2D eigenvalue weighted by Gasteiger charge is -2.19. The first-order valence-corrected chi connectivity index (χ1v) is 5.33. The van der Waals surface area contributed by atoms with E-state index in [1.54, 1.807) is 20.8 Å². The van der Waals surface area contributed by atoms with Gasteiger partial charge in [0.1, 0.15) is 11.4 Å². The van der Waals surface area contributed by atoms with Crippen LogP contribution in [0.4, 0.5) is 23.7 Å². The molecule has 0 fully saturated rings. The molecule has 1 amide bonds. The number of rotatable bonds is 2. The maximum atomic E-state index is 12.1. The molecule has 0 bridgehead atoms. The summed E-state index contributed by atoms with van der Waals surface area (Å²) in [6.45, 7) is 4.91. The van der Waals surface area contributed by atoms with Crippen molar-refractivity contribution in [3.05, 3.63) is 24.2 Å². The van der Waals surface area contributed by atoms with Gasteiger partial charge in [-0.25, -0.2) is 4.79 Å². The Bertz CT molecular complexity index is 498. The number of benzene rings is 1. The van der Waals surface area contributed by atoms with Crippen LogP contribution < -0.4 is 10.1 Å². The number of halogens is 3. The monoisotopic (exact) mass is 278 g/mol. The Kier molecular flexibility index (Phi) is 3.82. The van der Waals surface area contributed by atoms with Crippen LogP contribution in [0.5, 0.6) is 5.75 Å². The van der Waals surface area contributed by atoms with Gasteiger partial charge in [0.2, 0.25) is 0 Å². The van der Waals surface area contributed by atoms with E-state index in [2.05, 4.69) is 10.1 Å². The summed E-state index contributed by atoms with van der Waals surface area (Å²) >= 11 is 0. The highest BCUT2D eigenvalue weighted by molar-refractivity contribution is 5.85. The Morgan fingerprint density at radius 3 is 2.47 bits per heavy atom. The van der Waals surface area contributed by atoms with Crippen LogP contribution in [0.2, 0.25) is 0 Å². The minimum absolute atomic E-state index is 0.138. The Labute approximate surface area is 109 Å². The molecule has 0 spiro atoms. The average molecular weight is 278 g/mol. The molecule has 1 N–H and O–H groups in total. The van der Waals surface area contributed by atoms with Gasteiger partial charge >= 0.3 is 12.5 Å². The molecule has 0 saturated heterocycles. The van der Waals surface area contributed by atoms with Gasteiger partial charge in [-0.1, -0.05) is 6.07 Å². The molecule has 1 rings (SSSR count). The van der Waals surface area contributed by atoms with Crippen LogP contribution in [0, 0.1) is 0 Å². The molecule has 4 nitrogen and oxygen atoms in total. The fourth-order valence-corrected chi connectivity index (χ4v) is 1.12. The second kappa shape index (κ2) is 5.38. The van der Waals surface area contributed by atoms with Crippen LogP contribution in [0.1, 0.15) is 22.1 Å². The van der Waals surface area contributed by atoms with Crippen molar-refractivity contribution in [1.82, 2.24) is 0 Å². The third kappa shape index (κ3) is 6.54. The highest BCUT2D eigenvalue weighted by Gasteiger charge is 2.31. The van der Waals surface area contributed by atoms with Gasteiger partial charge in [-0.15, -0.1) is 13.2 Å². The zero-order valence-electron chi connectivity index (χ0n) is 11.6. The summed E-state index contributed by atoms with van der Waals surface area (Å²) in [5.74, 6) is -0.703. The average Bonchev–Trinajstić information content (AvgIpc) is 2.19. The lowest BCUT2D eigenvalue weighted by molar-refractivity contribution is -0.274. The number of alkyl halides is 3. The Morgan fingerprint density at radius 1 is 1.32 bits per heavy atom. The minimum Gasteiger partial charge on any atom is -0.444 e. The zero-order valence-corrected chi connectivity index (χ0v) is 10.6. The van der Waals surface area contributed by atoms with Crippen molar-refractivity contribution in [3.63, 3.8) is 0 Å². The highest BCUT2D eigenvalue weighted by atomic mass is 19.4. The predicted octanol–water partition coefficient (Wildman–Crippen LogP) is 3.93. The first kappa shape index (κ1) is 13.5. The highest BCUT2D eigenvalue weighted by Crippen LogP contribution is 2.25. The first-order chi connectivity index (χ1) is 8.98. The lowest BCUT2D eigenvalue weighted by Crippen LogP contribution is -2.27. The van der Waals surface area contributed by atoms with Gasteiger partial charge in [0.25, 0.3) is 0 Å². The number of carbonyl (C=O) groups excluding carboxylic acids is 1. The molecule has 0 saturated carbocycles. The van der Waals surface area contributed by atoms with E-state index in [9.17, 15) is 18.0 Å². The molecule has 106 valence electrons. The topological polar surface area (TPSA) is 47.6 Å². The zero-order chi connectivity index (χ0) is 15.6. The second-order valence-corrected chi connectivity index (χ2v) is 4.60. The molecule has 0 unspecified atom stereocenters. The number of anilines is 1. The molecule has 0 aliphatic rings. The molecule has 1 aromatic rings. The van der Waals surface area contributed by atoms with E-state index in [0.717, 1.165) is 6.07 Å². The summed E-state index contributed by atoms with van der Waals surface area (Å²) in [4.78, 5) is 11.5. The van der Waals surface area contributed by atoms with Crippen LogP contribution in [-0.4, -0.2) is 18.1 Å². The molecule has 1 aromatic carbocycles. The van der Waals surface area contributed by atoms with Gasteiger partial charge in [-0.2, -0.15) is 0 Å². The van der Waals surface area contributed by atoms with Crippen molar-refractivity contribution >= 4 is 11.8 Å². The van der Waals surface area contributed by atoms with Crippen LogP contribution in [0.25, 0.3) is 0 Å². The summed E-state index contributed by atoms with van der Waals surface area (Å²) in [6, 6.07) is 2.90. The number of hydrogen-bond donors (Lipinski definition) is 1. The molecule has 7 heteroatoms. The largest absolute Gasteiger partial charge is 0.573 e. The number of hydrogen-bond acceptors (Lipinski definition) is 3. The molecule has 0 aliphatic heterocycles. The third-order valence-corrected chi connectivity index (χ3v) is 1.63. The van der Waals surface area contributed by atoms with E-state index < -0.39 is 29.8 Å². The summed E-state index contributed by atoms with van der Waals surface area (Å²) in [5.41, 5.74) is -0.896. The van der Waals surface area contributed by atoms with Gasteiger partial charge in [0.05, 0.1) is 1.37 Å². The Balaban J connectivity index is 2.87. The summed E-state index contributed by atoms with van der Waals surface area (Å²) in [5, 5.41) is 2.20. The van der Waals surface area contributed by atoms with Gasteiger partial charge in [-0.3, -0.25) is 5.32 Å². The third-order valence-electron chi connectivity index (χ3n) is 1.63. The van der Waals surface area contributed by atoms with Crippen molar-refractivity contribution in [2.75, 3.05) is 5.32 Å². The lowest BCUT2D eigenvalue weighted by atomic mass is 10.2. The summed E-state index contributed by atoms with van der Waals surface area (Å²) < 4.78 is 52.5. The Morgan fingerprint density at radius 2 is 1.95 bits per heavy atom. The molecular formula is C12H14F3NO3. The first-order valence-electron chi connectivity index (χ1n) is 5.83. The number of ether oxygens (including phenoxy) is 2. The molecule has 0 radical (unpaired) electrons. The van der Waals surface area contributed by atoms with E-state index in [4.69, 9.17) is 6.11 Å². The van der Waals surface area contributed by atoms with Crippen molar-refractivity contribution in [2.45, 2.75) is 32.7 Å². The second-order valence-electron chi connectivity index (χ2n) is 4.60. The smallest absolute Gasteiger partial charge is 0.444 e. The molecule has 19 heavy (non-hydrogen) atoms. The standard InChI is InChI=1S/C12H14F3NO3/c1-11(2,3)19-10(17)16-8-5-4-6-9(7-8)18-12(13,14)15/h4-7H,1-3H3,(H,16,17)/i7D. The van der Waals surface area contributed by atoms with E-state index in [-0.39, 0.29) is 5.69 Å². The van der Waals surface area contributed by atoms with Gasteiger partial charge < -0.3 is 9.47 Å². The van der Waals surface area contributed by atoms with Crippen molar-refractivity contribution in [2.24, 2.45) is 0 Å². The molecule has 0 aliphatic carbocycles. The molecule has 0 heterocycles. The van der Waals surface area contributed by atoms with E-state index in [1.165, 1.54) is 12.1 Å². The number of carbonyl (C=O) groups is 1. The molecule has 0 aromatic heterocycles. The van der Waals surface area contributed by atoms with Gasteiger partial charge in [0.15, 0.2) is 0 Å². The van der Waals surface area contributed by atoms with Crippen LogP contribution in [0.15, 0.2) is 24.2 Å². The van der Waals surface area contributed by atoms with Crippen molar-refractivity contribution < 1.29 is 28.8 Å². The summed E-state index contributed by atoms with van der Waals surface area (Å²) in [7, 11) is 0. The SMILES string of the molecule is [2H]c1c(NC(=O)OC(C)(C)C)cccc1OC(F)(F)F. The van der Waals surface area contributed by atoms with Crippen LogP contribution in [0.3, 0.4) is 0 Å². The van der Waals surface area contributed by atoms with E-state index in [1.807, 2.05) is 0 Å². The van der Waals surface area contributed by atoms with E-state index >= 15 is 0 Å². The maximum Gasteiger partial charge on any atom is 0.573 e. The van der Waals surface area contributed by atoms with Crippen molar-refractivity contribution in [1.29, 1.82) is 0 Å². The van der Waals surface area contributed by atoms with Gasteiger partial charge in [-0.05, 0) is 32.9 Å².